The Hall–Kier alpha value is -2.40. The van der Waals surface area contributed by atoms with Gasteiger partial charge in [0, 0.05) is 10.7 Å². The standard InChI is InChI=1S/C14H13ClN2O3/c15-9-2-4-10(5-3-9)17-13(14(16)20)8-1-6-11(18)12(19)7-8/h1-7,13,17-19H,(H2,16,20). The summed E-state index contributed by atoms with van der Waals surface area (Å²) in [6, 6.07) is 10.0. The molecule has 2 aromatic rings. The summed E-state index contributed by atoms with van der Waals surface area (Å²) in [5.74, 6) is -1.18. The van der Waals surface area contributed by atoms with Crippen molar-refractivity contribution >= 4 is 23.2 Å². The Bertz CT molecular complexity index is 629. The third-order valence-electron chi connectivity index (χ3n) is 2.77. The molecule has 0 radical (unpaired) electrons. The maximum Gasteiger partial charge on any atom is 0.244 e. The van der Waals surface area contributed by atoms with Gasteiger partial charge in [-0.15, -0.1) is 0 Å². The van der Waals surface area contributed by atoms with E-state index < -0.39 is 11.9 Å². The SMILES string of the molecule is NC(=O)C(Nc1ccc(Cl)cc1)c1ccc(O)c(O)c1. The summed E-state index contributed by atoms with van der Waals surface area (Å²) in [5, 5.41) is 22.3. The second kappa shape index (κ2) is 5.71. The topological polar surface area (TPSA) is 95.6 Å². The van der Waals surface area contributed by atoms with Crippen molar-refractivity contribution in [1.82, 2.24) is 0 Å². The number of primary amides is 1. The van der Waals surface area contributed by atoms with Crippen LogP contribution in [0.15, 0.2) is 42.5 Å². The first-order chi connectivity index (χ1) is 9.47. The van der Waals surface area contributed by atoms with Gasteiger partial charge < -0.3 is 21.3 Å². The average molecular weight is 293 g/mol. The number of nitrogens with one attached hydrogen (secondary N) is 1. The second-order valence-corrected chi connectivity index (χ2v) is 4.67. The molecule has 0 aliphatic heterocycles. The van der Waals surface area contributed by atoms with Crippen molar-refractivity contribution in [3.63, 3.8) is 0 Å². The number of aromatic hydroxyl groups is 2. The first kappa shape index (κ1) is 14.0. The first-order valence-electron chi connectivity index (χ1n) is 5.80. The minimum atomic E-state index is -0.831. The summed E-state index contributed by atoms with van der Waals surface area (Å²) in [6.07, 6.45) is 0. The molecular weight excluding hydrogens is 280 g/mol. The summed E-state index contributed by atoms with van der Waals surface area (Å²) in [5.41, 5.74) is 6.47. The van der Waals surface area contributed by atoms with E-state index in [0.29, 0.717) is 16.3 Å². The molecule has 1 atom stereocenters. The third kappa shape index (κ3) is 3.13. The van der Waals surface area contributed by atoms with Crippen LogP contribution < -0.4 is 11.1 Å². The first-order valence-corrected chi connectivity index (χ1v) is 6.18. The van der Waals surface area contributed by atoms with Crippen LogP contribution in [0.3, 0.4) is 0 Å². The quantitative estimate of drug-likeness (QED) is 0.651. The summed E-state index contributed by atoms with van der Waals surface area (Å²) >= 11 is 5.79. The minimum Gasteiger partial charge on any atom is -0.504 e. The van der Waals surface area contributed by atoms with Gasteiger partial charge >= 0.3 is 0 Å². The van der Waals surface area contributed by atoms with E-state index in [1.54, 1.807) is 24.3 Å². The minimum absolute atomic E-state index is 0.261. The summed E-state index contributed by atoms with van der Waals surface area (Å²) in [4.78, 5) is 11.6. The fourth-order valence-corrected chi connectivity index (χ4v) is 1.88. The van der Waals surface area contributed by atoms with E-state index in [1.807, 2.05) is 0 Å². The molecule has 1 unspecified atom stereocenters. The molecule has 0 heterocycles. The normalized spacial score (nSPS) is 11.8. The van der Waals surface area contributed by atoms with Gasteiger partial charge in [-0.2, -0.15) is 0 Å². The number of phenolic OH excluding ortho intramolecular Hbond substituents is 2. The Morgan fingerprint density at radius 2 is 1.75 bits per heavy atom. The zero-order valence-corrected chi connectivity index (χ0v) is 11.1. The molecule has 0 saturated heterocycles. The van der Waals surface area contributed by atoms with Crippen LogP contribution in [-0.4, -0.2) is 16.1 Å². The molecule has 0 fully saturated rings. The van der Waals surface area contributed by atoms with Crippen molar-refractivity contribution in [2.24, 2.45) is 5.73 Å². The largest absolute Gasteiger partial charge is 0.504 e. The van der Waals surface area contributed by atoms with Gasteiger partial charge in [0.15, 0.2) is 11.5 Å². The van der Waals surface area contributed by atoms with Crippen LogP contribution >= 0.6 is 11.6 Å². The smallest absolute Gasteiger partial charge is 0.244 e. The van der Waals surface area contributed by atoms with Crippen LogP contribution in [0.1, 0.15) is 11.6 Å². The Labute approximate surface area is 120 Å². The number of halogens is 1. The monoisotopic (exact) mass is 292 g/mol. The van der Waals surface area contributed by atoms with Crippen LogP contribution in [0.2, 0.25) is 5.02 Å². The lowest BCUT2D eigenvalue weighted by Crippen LogP contribution is -2.27. The van der Waals surface area contributed by atoms with E-state index in [9.17, 15) is 15.0 Å². The number of carbonyl (C=O) groups is 1. The number of hydrogen-bond acceptors (Lipinski definition) is 4. The third-order valence-corrected chi connectivity index (χ3v) is 3.02. The van der Waals surface area contributed by atoms with Crippen molar-refractivity contribution in [1.29, 1.82) is 0 Å². The van der Waals surface area contributed by atoms with E-state index >= 15 is 0 Å². The molecule has 0 bridgehead atoms. The van der Waals surface area contributed by atoms with Crippen LogP contribution in [0.5, 0.6) is 11.5 Å². The van der Waals surface area contributed by atoms with Crippen molar-refractivity contribution < 1.29 is 15.0 Å². The molecule has 0 aromatic heterocycles. The highest BCUT2D eigenvalue weighted by Gasteiger charge is 2.19. The van der Waals surface area contributed by atoms with Gasteiger partial charge in [0.1, 0.15) is 6.04 Å². The van der Waals surface area contributed by atoms with Crippen LogP contribution in [0.25, 0.3) is 0 Å². The molecule has 2 rings (SSSR count). The molecule has 5 N–H and O–H groups in total. The number of rotatable bonds is 4. The van der Waals surface area contributed by atoms with Gasteiger partial charge in [0.2, 0.25) is 5.91 Å². The molecule has 104 valence electrons. The predicted octanol–water partition coefficient (Wildman–Crippen LogP) is 2.39. The Kier molecular flexibility index (Phi) is 4.00. The highest BCUT2D eigenvalue weighted by molar-refractivity contribution is 6.30. The van der Waals surface area contributed by atoms with Gasteiger partial charge in [-0.25, -0.2) is 0 Å². The van der Waals surface area contributed by atoms with Crippen LogP contribution in [0.4, 0.5) is 5.69 Å². The molecule has 0 aliphatic rings. The zero-order valence-electron chi connectivity index (χ0n) is 10.4. The van der Waals surface area contributed by atoms with Gasteiger partial charge in [-0.1, -0.05) is 17.7 Å². The predicted molar refractivity (Wildman–Crippen MR) is 76.8 cm³/mol. The van der Waals surface area contributed by atoms with Gasteiger partial charge in [0.25, 0.3) is 0 Å². The maximum atomic E-state index is 11.6. The van der Waals surface area contributed by atoms with E-state index in [1.165, 1.54) is 18.2 Å². The molecule has 2 aromatic carbocycles. The Morgan fingerprint density at radius 3 is 2.30 bits per heavy atom. The molecule has 6 heteroatoms. The fraction of sp³-hybridized carbons (Fsp3) is 0.0714. The molecule has 5 nitrogen and oxygen atoms in total. The molecular formula is C14H13ClN2O3. The van der Waals surface area contributed by atoms with E-state index in [0.717, 1.165) is 0 Å². The van der Waals surface area contributed by atoms with E-state index in [-0.39, 0.29) is 11.5 Å². The Balaban J connectivity index is 2.29. The summed E-state index contributed by atoms with van der Waals surface area (Å²) in [7, 11) is 0. The number of phenols is 2. The van der Waals surface area contributed by atoms with E-state index in [4.69, 9.17) is 17.3 Å². The maximum absolute atomic E-state index is 11.6. The summed E-state index contributed by atoms with van der Waals surface area (Å²) < 4.78 is 0. The van der Waals surface area contributed by atoms with Gasteiger partial charge in [-0.05, 0) is 42.0 Å². The number of amides is 1. The number of benzene rings is 2. The highest BCUT2D eigenvalue weighted by Crippen LogP contribution is 2.29. The Morgan fingerprint density at radius 1 is 1.10 bits per heavy atom. The average Bonchev–Trinajstić information content (AvgIpc) is 2.41. The fourth-order valence-electron chi connectivity index (χ4n) is 1.75. The zero-order chi connectivity index (χ0) is 14.7. The van der Waals surface area contributed by atoms with Gasteiger partial charge in [-0.3, -0.25) is 4.79 Å². The van der Waals surface area contributed by atoms with Crippen molar-refractivity contribution in [2.75, 3.05) is 5.32 Å². The van der Waals surface area contributed by atoms with Gasteiger partial charge in [0.05, 0.1) is 0 Å². The number of nitrogens with two attached hydrogens (primary N) is 1. The van der Waals surface area contributed by atoms with Crippen molar-refractivity contribution in [3.05, 3.63) is 53.1 Å². The lowest BCUT2D eigenvalue weighted by molar-refractivity contribution is -0.118. The molecule has 20 heavy (non-hydrogen) atoms. The molecule has 1 amide bonds. The summed E-state index contributed by atoms with van der Waals surface area (Å²) in [6.45, 7) is 0. The second-order valence-electron chi connectivity index (χ2n) is 4.23. The van der Waals surface area contributed by atoms with Crippen LogP contribution in [-0.2, 0) is 4.79 Å². The molecule has 0 saturated carbocycles. The molecule has 0 aliphatic carbocycles. The lowest BCUT2D eigenvalue weighted by Gasteiger charge is -2.17. The van der Waals surface area contributed by atoms with E-state index in [2.05, 4.69) is 5.32 Å². The van der Waals surface area contributed by atoms with Crippen molar-refractivity contribution in [2.45, 2.75) is 6.04 Å². The van der Waals surface area contributed by atoms with Crippen molar-refractivity contribution in [3.8, 4) is 11.5 Å². The highest BCUT2D eigenvalue weighted by atomic mass is 35.5. The lowest BCUT2D eigenvalue weighted by atomic mass is 10.1. The number of carbonyl (C=O) groups excluding carboxylic acids is 1. The number of anilines is 1. The number of hydrogen-bond donors (Lipinski definition) is 4. The molecule has 0 spiro atoms. The van der Waals surface area contributed by atoms with Crippen LogP contribution in [0, 0.1) is 0 Å².